The highest BCUT2D eigenvalue weighted by Gasteiger charge is 2.14. The van der Waals surface area contributed by atoms with Gasteiger partial charge in [-0.15, -0.1) is 0 Å². The number of nitrogens with one attached hydrogen (secondary N) is 1. The lowest BCUT2D eigenvalue weighted by Gasteiger charge is -2.07. The molecule has 0 radical (unpaired) electrons. The zero-order valence-corrected chi connectivity index (χ0v) is 13.1. The highest BCUT2D eigenvalue weighted by atomic mass is 32.2. The van der Waals surface area contributed by atoms with Crippen LogP contribution in [0.4, 0.5) is 0 Å². The molecule has 0 aliphatic rings. The van der Waals surface area contributed by atoms with Gasteiger partial charge in [0.25, 0.3) is 0 Å². The third-order valence-electron chi connectivity index (χ3n) is 3.43. The molecule has 0 saturated heterocycles. The van der Waals surface area contributed by atoms with Gasteiger partial charge in [0, 0.05) is 12.1 Å². The number of rotatable bonds is 5. The minimum Gasteiger partial charge on any atom is -0.443 e. The summed E-state index contributed by atoms with van der Waals surface area (Å²) >= 11 is 0. The van der Waals surface area contributed by atoms with E-state index in [1.54, 1.807) is 18.2 Å². The Morgan fingerprint density at radius 3 is 2.61 bits per heavy atom. The quantitative estimate of drug-likeness (QED) is 0.726. The third-order valence-corrected chi connectivity index (χ3v) is 4.85. The first kappa shape index (κ1) is 15.4. The molecular weight excluding hydrogens is 316 g/mol. The van der Waals surface area contributed by atoms with Crippen LogP contribution in [0.1, 0.15) is 22.8 Å². The van der Waals surface area contributed by atoms with E-state index in [0.717, 1.165) is 11.1 Å². The molecule has 3 aromatic rings. The molecule has 0 aliphatic carbocycles. The Morgan fingerprint density at radius 2 is 1.91 bits per heavy atom. The first-order valence-electron chi connectivity index (χ1n) is 6.88. The zero-order chi connectivity index (χ0) is 16.4. The molecule has 0 spiro atoms. The molecule has 0 amide bonds. The van der Waals surface area contributed by atoms with Crippen LogP contribution in [0.5, 0.6) is 0 Å². The molecule has 23 heavy (non-hydrogen) atoms. The fourth-order valence-corrected chi connectivity index (χ4v) is 3.16. The number of carbonyl (C=O) groups excluding carboxylic acids is 1. The number of sulfonamides is 1. The van der Waals surface area contributed by atoms with Crippen LogP contribution in [0.15, 0.2) is 58.2 Å². The van der Waals surface area contributed by atoms with Crippen molar-refractivity contribution in [3.05, 3.63) is 60.0 Å². The van der Waals surface area contributed by atoms with Crippen LogP contribution in [0, 0.1) is 0 Å². The second-order valence-corrected chi connectivity index (χ2v) is 6.83. The summed E-state index contributed by atoms with van der Waals surface area (Å²) in [5, 5.41) is 0. The molecule has 118 valence electrons. The van der Waals surface area contributed by atoms with Gasteiger partial charge in [0.2, 0.25) is 10.0 Å². The molecule has 6 nitrogen and oxygen atoms in total. The molecule has 1 aromatic heterocycles. The molecule has 0 atom stereocenters. The van der Waals surface area contributed by atoms with Gasteiger partial charge >= 0.3 is 0 Å². The lowest BCUT2D eigenvalue weighted by atomic mass is 10.2. The molecule has 0 bridgehead atoms. The molecule has 1 N–H and O–H groups in total. The Bertz CT molecular complexity index is 959. The molecule has 1 heterocycles. The topological polar surface area (TPSA) is 89.3 Å². The molecular formula is C16H14N2O4S. The minimum atomic E-state index is -3.65. The first-order chi connectivity index (χ1) is 11.0. The Hall–Kier alpha value is -2.51. The predicted molar refractivity (Wildman–Crippen MR) is 84.5 cm³/mol. The van der Waals surface area contributed by atoms with Crippen LogP contribution < -0.4 is 4.72 Å². The Morgan fingerprint density at radius 1 is 1.17 bits per heavy atom. The van der Waals surface area contributed by atoms with Crippen molar-refractivity contribution in [3.63, 3.8) is 0 Å². The lowest BCUT2D eigenvalue weighted by Crippen LogP contribution is -2.23. The largest absolute Gasteiger partial charge is 0.443 e. The van der Waals surface area contributed by atoms with Crippen molar-refractivity contribution in [3.8, 4) is 0 Å². The summed E-state index contributed by atoms with van der Waals surface area (Å²) < 4.78 is 32.2. The van der Waals surface area contributed by atoms with Crippen molar-refractivity contribution < 1.29 is 17.6 Å². The van der Waals surface area contributed by atoms with Gasteiger partial charge in [-0.1, -0.05) is 18.2 Å². The molecule has 0 saturated carbocycles. The summed E-state index contributed by atoms with van der Waals surface area (Å²) in [6.07, 6.45) is 1.34. The molecule has 0 fully saturated rings. The van der Waals surface area contributed by atoms with Gasteiger partial charge in [-0.2, -0.15) is 0 Å². The maximum Gasteiger partial charge on any atom is 0.240 e. The van der Waals surface area contributed by atoms with Gasteiger partial charge in [-0.3, -0.25) is 4.79 Å². The van der Waals surface area contributed by atoms with Crippen LogP contribution in [-0.4, -0.2) is 19.2 Å². The number of ketones is 1. The lowest BCUT2D eigenvalue weighted by molar-refractivity contribution is 0.101. The maximum atomic E-state index is 12.3. The number of nitrogens with zero attached hydrogens (tertiary/aromatic N) is 1. The smallest absolute Gasteiger partial charge is 0.240 e. The summed E-state index contributed by atoms with van der Waals surface area (Å²) in [6.45, 7) is 1.56. The van der Waals surface area contributed by atoms with Crippen molar-refractivity contribution in [2.24, 2.45) is 0 Å². The van der Waals surface area contributed by atoms with Gasteiger partial charge in [0.1, 0.15) is 5.52 Å². The first-order valence-corrected chi connectivity index (χ1v) is 8.37. The zero-order valence-electron chi connectivity index (χ0n) is 12.3. The predicted octanol–water partition coefficient (Wildman–Crippen LogP) is 2.51. The molecule has 2 aromatic carbocycles. The second kappa shape index (κ2) is 5.94. The number of hydrogen-bond donors (Lipinski definition) is 1. The number of benzene rings is 2. The van der Waals surface area contributed by atoms with Gasteiger partial charge in [-0.05, 0) is 36.8 Å². The maximum absolute atomic E-state index is 12.3. The van der Waals surface area contributed by atoms with E-state index < -0.39 is 10.0 Å². The Kier molecular flexibility index (Phi) is 3.97. The van der Waals surface area contributed by atoms with Crippen molar-refractivity contribution in [1.29, 1.82) is 0 Å². The summed E-state index contributed by atoms with van der Waals surface area (Å²) in [6, 6.07) is 11.1. The van der Waals surface area contributed by atoms with Gasteiger partial charge in [0.15, 0.2) is 17.8 Å². The molecule has 0 unspecified atom stereocenters. The number of aromatic nitrogens is 1. The fourth-order valence-electron chi connectivity index (χ4n) is 2.14. The Balaban J connectivity index is 1.76. The van der Waals surface area contributed by atoms with E-state index >= 15 is 0 Å². The number of carbonyl (C=O) groups is 1. The number of oxazole rings is 1. The number of hydrogen-bond acceptors (Lipinski definition) is 5. The average Bonchev–Trinajstić information content (AvgIpc) is 3.01. The van der Waals surface area contributed by atoms with Crippen molar-refractivity contribution in [2.45, 2.75) is 18.4 Å². The van der Waals surface area contributed by atoms with E-state index in [1.807, 2.05) is 0 Å². The standard InChI is InChI=1S/C16H14N2O4S/c1-11(19)13-3-5-14(6-4-13)23(20,21)18-9-12-2-7-15-16(8-12)22-10-17-15/h2-8,10,18H,9H2,1H3. The summed E-state index contributed by atoms with van der Waals surface area (Å²) in [7, 11) is -3.65. The van der Waals surface area contributed by atoms with E-state index in [-0.39, 0.29) is 17.2 Å². The van der Waals surface area contributed by atoms with Crippen LogP contribution >= 0.6 is 0 Å². The third kappa shape index (κ3) is 3.30. The van der Waals surface area contributed by atoms with Gasteiger partial charge in [-0.25, -0.2) is 18.1 Å². The van der Waals surface area contributed by atoms with Gasteiger partial charge in [0.05, 0.1) is 4.90 Å². The Labute approximate surface area is 133 Å². The SMILES string of the molecule is CC(=O)c1ccc(S(=O)(=O)NCc2ccc3ncoc3c2)cc1. The van der Waals surface area contributed by atoms with E-state index in [2.05, 4.69) is 9.71 Å². The highest BCUT2D eigenvalue weighted by Crippen LogP contribution is 2.15. The van der Waals surface area contributed by atoms with Crippen molar-refractivity contribution in [1.82, 2.24) is 9.71 Å². The van der Waals surface area contributed by atoms with Gasteiger partial charge < -0.3 is 4.42 Å². The minimum absolute atomic E-state index is 0.109. The second-order valence-electron chi connectivity index (χ2n) is 5.06. The van der Waals surface area contributed by atoms with E-state index in [1.165, 1.54) is 37.6 Å². The number of Topliss-reactive ketones (excluding diaryl/α,β-unsaturated/α-hetero) is 1. The van der Waals surface area contributed by atoms with Crippen molar-refractivity contribution in [2.75, 3.05) is 0 Å². The number of fused-ring (bicyclic) bond motifs is 1. The van der Waals surface area contributed by atoms with Crippen LogP contribution in [-0.2, 0) is 16.6 Å². The van der Waals surface area contributed by atoms with E-state index in [4.69, 9.17) is 4.42 Å². The van der Waals surface area contributed by atoms with Crippen LogP contribution in [0.3, 0.4) is 0 Å². The van der Waals surface area contributed by atoms with E-state index in [0.29, 0.717) is 11.1 Å². The monoisotopic (exact) mass is 330 g/mol. The average molecular weight is 330 g/mol. The van der Waals surface area contributed by atoms with Crippen LogP contribution in [0.2, 0.25) is 0 Å². The van der Waals surface area contributed by atoms with Crippen LogP contribution in [0.25, 0.3) is 11.1 Å². The molecule has 3 rings (SSSR count). The molecule has 0 aliphatic heterocycles. The fraction of sp³-hybridized carbons (Fsp3) is 0.125. The summed E-state index contributed by atoms with van der Waals surface area (Å²) in [5.74, 6) is -0.109. The highest BCUT2D eigenvalue weighted by molar-refractivity contribution is 7.89. The summed E-state index contributed by atoms with van der Waals surface area (Å²) in [5.41, 5.74) is 2.56. The molecule has 7 heteroatoms. The normalized spacial score (nSPS) is 11.7. The summed E-state index contributed by atoms with van der Waals surface area (Å²) in [4.78, 5) is 15.3. The van der Waals surface area contributed by atoms with Crippen molar-refractivity contribution >= 4 is 26.9 Å². The van der Waals surface area contributed by atoms with E-state index in [9.17, 15) is 13.2 Å².